The van der Waals surface area contributed by atoms with Crippen molar-refractivity contribution in [2.45, 2.75) is 6.42 Å². The molecule has 38 valence electrons. The van der Waals surface area contributed by atoms with Crippen molar-refractivity contribution in [2.75, 3.05) is 20.2 Å². The zero-order valence-electron chi connectivity index (χ0n) is 4.02. The number of hydrogen-bond acceptors (Lipinski definition) is 1. The first-order valence-corrected chi connectivity index (χ1v) is 2.08. The molecular formula is C4H10NO-. The van der Waals surface area contributed by atoms with Crippen molar-refractivity contribution < 1.29 is 5.11 Å². The molecule has 0 saturated heterocycles. The van der Waals surface area contributed by atoms with Crippen molar-refractivity contribution in [1.82, 2.24) is 0 Å². The molecule has 0 bridgehead atoms. The van der Waals surface area contributed by atoms with Crippen LogP contribution in [0.1, 0.15) is 6.42 Å². The Balaban J connectivity index is 2.34. The smallest absolute Gasteiger partial charge is 0.0414 e. The zero-order chi connectivity index (χ0) is 4.83. The summed E-state index contributed by atoms with van der Waals surface area (Å²) in [5.41, 5.74) is 0. The van der Waals surface area contributed by atoms with Crippen molar-refractivity contribution >= 4 is 0 Å². The summed E-state index contributed by atoms with van der Waals surface area (Å²) in [4.78, 5) is 0. The highest BCUT2D eigenvalue weighted by Crippen LogP contribution is 1.80. The summed E-state index contributed by atoms with van der Waals surface area (Å²) in [5, 5.41) is 11.9. The molecule has 2 nitrogen and oxygen atoms in total. The van der Waals surface area contributed by atoms with Gasteiger partial charge in [0.05, 0.1) is 0 Å². The van der Waals surface area contributed by atoms with Crippen LogP contribution in [0.15, 0.2) is 0 Å². The molecule has 0 aromatic heterocycles. The number of nitrogens with zero attached hydrogens (tertiary/aromatic N) is 1. The standard InChI is InChI=1S/C4H10NO/c1-5-3-2-4-6/h6H,2-4H2,1H3/q-1. The lowest BCUT2D eigenvalue weighted by Gasteiger charge is -2.05. The lowest BCUT2D eigenvalue weighted by Crippen LogP contribution is -1.85. The molecule has 0 aromatic rings. The van der Waals surface area contributed by atoms with Crippen LogP contribution in [0.5, 0.6) is 0 Å². The van der Waals surface area contributed by atoms with E-state index in [9.17, 15) is 0 Å². The van der Waals surface area contributed by atoms with E-state index < -0.39 is 0 Å². The minimum absolute atomic E-state index is 0.261. The average molecular weight is 88.1 g/mol. The molecule has 0 radical (unpaired) electrons. The highest BCUT2D eigenvalue weighted by Gasteiger charge is 1.65. The van der Waals surface area contributed by atoms with E-state index in [4.69, 9.17) is 5.11 Å². The molecule has 0 spiro atoms. The lowest BCUT2D eigenvalue weighted by atomic mass is 10.5. The number of aliphatic hydroxyl groups excluding tert-OH is 1. The molecular weight excluding hydrogens is 78.0 g/mol. The van der Waals surface area contributed by atoms with Crippen LogP contribution < -0.4 is 0 Å². The van der Waals surface area contributed by atoms with Gasteiger partial charge in [-0.05, 0) is 6.42 Å². The fourth-order valence-corrected chi connectivity index (χ4v) is 0.229. The van der Waals surface area contributed by atoms with Crippen molar-refractivity contribution in [2.24, 2.45) is 0 Å². The highest BCUT2D eigenvalue weighted by molar-refractivity contribution is 4.67. The fourth-order valence-electron chi connectivity index (χ4n) is 0.229. The Labute approximate surface area is 38.2 Å². The Kier molecular flexibility index (Phi) is 4.85. The molecule has 0 amide bonds. The van der Waals surface area contributed by atoms with Crippen LogP contribution in [0.25, 0.3) is 5.32 Å². The van der Waals surface area contributed by atoms with Gasteiger partial charge in [0.25, 0.3) is 0 Å². The first-order valence-electron chi connectivity index (χ1n) is 2.08. The Morgan fingerprint density at radius 3 is 2.50 bits per heavy atom. The maximum atomic E-state index is 8.14. The van der Waals surface area contributed by atoms with Crippen molar-refractivity contribution in [1.29, 1.82) is 0 Å². The number of rotatable bonds is 3. The van der Waals surface area contributed by atoms with Gasteiger partial charge < -0.3 is 10.4 Å². The van der Waals surface area contributed by atoms with E-state index in [0.717, 1.165) is 13.0 Å². The van der Waals surface area contributed by atoms with Crippen LogP contribution in [0, 0.1) is 0 Å². The highest BCUT2D eigenvalue weighted by atomic mass is 16.3. The van der Waals surface area contributed by atoms with Gasteiger partial charge in [0.2, 0.25) is 0 Å². The van der Waals surface area contributed by atoms with Crippen LogP contribution in [0.4, 0.5) is 0 Å². The summed E-state index contributed by atoms with van der Waals surface area (Å²) < 4.78 is 0. The monoisotopic (exact) mass is 88.1 g/mol. The van der Waals surface area contributed by atoms with E-state index in [-0.39, 0.29) is 6.61 Å². The summed E-state index contributed by atoms with van der Waals surface area (Å²) in [6.45, 7) is 1.05. The maximum absolute atomic E-state index is 8.14. The molecule has 0 aliphatic carbocycles. The predicted molar refractivity (Wildman–Crippen MR) is 25.9 cm³/mol. The third-order valence-corrected chi connectivity index (χ3v) is 0.540. The molecule has 0 saturated carbocycles. The van der Waals surface area contributed by atoms with Gasteiger partial charge in [-0.2, -0.15) is 7.05 Å². The Bertz CT molecular complexity index is 19.5. The second kappa shape index (κ2) is 4.92. The first kappa shape index (κ1) is 5.92. The second-order valence-corrected chi connectivity index (χ2v) is 1.12. The molecule has 0 heterocycles. The molecule has 6 heavy (non-hydrogen) atoms. The van der Waals surface area contributed by atoms with Crippen LogP contribution in [-0.4, -0.2) is 25.3 Å². The summed E-state index contributed by atoms with van der Waals surface area (Å²) in [5.74, 6) is 0. The van der Waals surface area contributed by atoms with Gasteiger partial charge in [-0.1, -0.05) is 0 Å². The summed E-state index contributed by atoms with van der Waals surface area (Å²) in [6.07, 6.45) is 0.802. The molecule has 0 aromatic carbocycles. The number of aliphatic hydroxyl groups is 1. The zero-order valence-corrected chi connectivity index (χ0v) is 4.02. The van der Waals surface area contributed by atoms with Crippen LogP contribution in [-0.2, 0) is 0 Å². The number of hydrogen-bond donors (Lipinski definition) is 1. The normalized spacial score (nSPS) is 9.00. The Morgan fingerprint density at radius 2 is 2.33 bits per heavy atom. The van der Waals surface area contributed by atoms with E-state index in [0.29, 0.717) is 0 Å². The first-order chi connectivity index (χ1) is 2.91. The van der Waals surface area contributed by atoms with Crippen molar-refractivity contribution in [3.05, 3.63) is 5.32 Å². The van der Waals surface area contributed by atoms with Crippen LogP contribution in [0.2, 0.25) is 0 Å². The molecule has 1 N–H and O–H groups in total. The average Bonchev–Trinajstić information content (AvgIpc) is 1.61. The van der Waals surface area contributed by atoms with Gasteiger partial charge in [-0.25, -0.2) is 0 Å². The molecule has 2 heteroatoms. The fraction of sp³-hybridized carbons (Fsp3) is 1.00. The lowest BCUT2D eigenvalue weighted by molar-refractivity contribution is 0.293. The SMILES string of the molecule is C[N-]CCCO. The van der Waals surface area contributed by atoms with E-state index in [1.165, 1.54) is 0 Å². The molecule has 0 unspecified atom stereocenters. The van der Waals surface area contributed by atoms with Crippen molar-refractivity contribution in [3.8, 4) is 0 Å². The molecule has 0 aliphatic heterocycles. The van der Waals surface area contributed by atoms with Gasteiger partial charge in [-0.15, -0.1) is 6.54 Å². The van der Waals surface area contributed by atoms with Gasteiger partial charge >= 0.3 is 0 Å². The van der Waals surface area contributed by atoms with Gasteiger partial charge in [-0.3, -0.25) is 0 Å². The van der Waals surface area contributed by atoms with Crippen molar-refractivity contribution in [3.63, 3.8) is 0 Å². The minimum atomic E-state index is 0.261. The van der Waals surface area contributed by atoms with E-state index >= 15 is 0 Å². The summed E-state index contributed by atoms with van der Waals surface area (Å²) in [7, 11) is 1.75. The third kappa shape index (κ3) is 3.92. The molecule has 0 atom stereocenters. The molecule has 0 rings (SSSR count). The predicted octanol–water partition coefficient (Wildman–Crippen LogP) is 0.372. The van der Waals surface area contributed by atoms with Gasteiger partial charge in [0.1, 0.15) is 0 Å². The van der Waals surface area contributed by atoms with E-state index in [2.05, 4.69) is 5.32 Å². The van der Waals surface area contributed by atoms with Crippen LogP contribution in [0.3, 0.4) is 0 Å². The topological polar surface area (TPSA) is 34.3 Å². The third-order valence-electron chi connectivity index (χ3n) is 0.540. The summed E-state index contributed by atoms with van der Waals surface area (Å²) in [6, 6.07) is 0. The second-order valence-electron chi connectivity index (χ2n) is 1.12. The molecule has 0 aliphatic rings. The molecule has 0 fully saturated rings. The quantitative estimate of drug-likeness (QED) is 0.497. The summed E-state index contributed by atoms with van der Waals surface area (Å²) >= 11 is 0. The Morgan fingerprint density at radius 1 is 1.67 bits per heavy atom. The van der Waals surface area contributed by atoms with E-state index in [1.807, 2.05) is 0 Å². The largest absolute Gasteiger partial charge is 0.665 e. The van der Waals surface area contributed by atoms with Crippen LogP contribution >= 0.6 is 0 Å². The van der Waals surface area contributed by atoms with Gasteiger partial charge in [0, 0.05) is 6.61 Å². The van der Waals surface area contributed by atoms with E-state index in [1.54, 1.807) is 7.05 Å². The Hall–Kier alpha value is -0.0800. The minimum Gasteiger partial charge on any atom is -0.665 e. The van der Waals surface area contributed by atoms with Gasteiger partial charge in [0.15, 0.2) is 0 Å². The maximum Gasteiger partial charge on any atom is 0.0414 e.